The summed E-state index contributed by atoms with van der Waals surface area (Å²) in [5, 5.41) is 0. The Balaban J connectivity index is 3.87. The minimum absolute atomic E-state index is 0.0424. The van der Waals surface area contributed by atoms with Gasteiger partial charge in [-0.05, 0) is 25.7 Å². The first kappa shape index (κ1) is 14.9. The van der Waals surface area contributed by atoms with Crippen molar-refractivity contribution < 1.29 is 8.42 Å². The Bertz CT molecular complexity index is 250. The highest BCUT2D eigenvalue weighted by Gasteiger charge is 2.14. The Morgan fingerprint density at radius 1 is 1.27 bits per heavy atom. The van der Waals surface area contributed by atoms with E-state index in [4.69, 9.17) is 5.73 Å². The molecule has 0 radical (unpaired) electrons. The number of rotatable bonds is 8. The molecule has 0 aromatic heterocycles. The minimum atomic E-state index is -3.10. The Morgan fingerprint density at radius 3 is 2.33 bits per heavy atom. The number of hydrogen-bond donors (Lipinski definition) is 2. The molecule has 0 aliphatic heterocycles. The summed E-state index contributed by atoms with van der Waals surface area (Å²) in [5.74, 6) is 0.447. The maximum Gasteiger partial charge on any atom is 0.211 e. The fourth-order valence-corrected chi connectivity index (χ4v) is 2.91. The standard InChI is InChI=1S/C10H24N2O2S/c1-4-5-9(2)8-15(13,14)12-7-6-10(3)11/h9-10,12H,4-8,11H2,1-3H3. The van der Waals surface area contributed by atoms with Crippen LogP contribution in [0.1, 0.15) is 40.0 Å². The zero-order chi connectivity index (χ0) is 11.9. The van der Waals surface area contributed by atoms with Gasteiger partial charge in [0.05, 0.1) is 5.75 Å². The fourth-order valence-electron chi connectivity index (χ4n) is 1.45. The van der Waals surface area contributed by atoms with Gasteiger partial charge in [-0.1, -0.05) is 20.3 Å². The van der Waals surface area contributed by atoms with Crippen LogP contribution in [0.25, 0.3) is 0 Å². The molecule has 2 unspecified atom stereocenters. The largest absolute Gasteiger partial charge is 0.328 e. The van der Waals surface area contributed by atoms with Crippen molar-refractivity contribution in [3.63, 3.8) is 0 Å². The smallest absolute Gasteiger partial charge is 0.211 e. The second-order valence-corrected chi connectivity index (χ2v) is 6.19. The molecule has 0 amide bonds. The quantitative estimate of drug-likeness (QED) is 0.662. The van der Waals surface area contributed by atoms with E-state index in [1.165, 1.54) is 0 Å². The van der Waals surface area contributed by atoms with Crippen LogP contribution in [0, 0.1) is 5.92 Å². The molecule has 0 bridgehead atoms. The van der Waals surface area contributed by atoms with Crippen LogP contribution >= 0.6 is 0 Å². The first-order valence-electron chi connectivity index (χ1n) is 5.60. The first-order valence-corrected chi connectivity index (χ1v) is 7.25. The van der Waals surface area contributed by atoms with E-state index in [1.807, 2.05) is 13.8 Å². The lowest BCUT2D eigenvalue weighted by molar-refractivity contribution is 0.532. The Hall–Kier alpha value is -0.130. The molecule has 0 aromatic carbocycles. The third-order valence-corrected chi connectivity index (χ3v) is 3.86. The van der Waals surface area contributed by atoms with Gasteiger partial charge in [0, 0.05) is 12.6 Å². The summed E-state index contributed by atoms with van der Waals surface area (Å²) in [7, 11) is -3.10. The molecule has 0 aromatic rings. The summed E-state index contributed by atoms with van der Waals surface area (Å²) in [6, 6.07) is 0.0424. The van der Waals surface area contributed by atoms with Gasteiger partial charge in [0.25, 0.3) is 0 Å². The molecule has 3 N–H and O–H groups in total. The molecule has 0 rings (SSSR count). The van der Waals surface area contributed by atoms with Gasteiger partial charge < -0.3 is 5.73 Å². The fraction of sp³-hybridized carbons (Fsp3) is 1.00. The predicted octanol–water partition coefficient (Wildman–Crippen LogP) is 1.08. The van der Waals surface area contributed by atoms with Gasteiger partial charge in [-0.2, -0.15) is 0 Å². The molecule has 0 aliphatic rings. The lowest BCUT2D eigenvalue weighted by Gasteiger charge is -2.12. The van der Waals surface area contributed by atoms with Crippen molar-refractivity contribution >= 4 is 10.0 Å². The van der Waals surface area contributed by atoms with Crippen molar-refractivity contribution in [3.8, 4) is 0 Å². The monoisotopic (exact) mass is 236 g/mol. The topological polar surface area (TPSA) is 72.2 Å². The van der Waals surface area contributed by atoms with Crippen LogP contribution in [0.2, 0.25) is 0 Å². The zero-order valence-electron chi connectivity index (χ0n) is 9.99. The molecule has 0 saturated heterocycles. The minimum Gasteiger partial charge on any atom is -0.328 e. The van der Waals surface area contributed by atoms with Gasteiger partial charge >= 0.3 is 0 Å². The van der Waals surface area contributed by atoms with E-state index in [0.717, 1.165) is 12.8 Å². The molecule has 0 aliphatic carbocycles. The van der Waals surface area contributed by atoms with Crippen LogP contribution in [0.15, 0.2) is 0 Å². The summed E-state index contributed by atoms with van der Waals surface area (Å²) in [4.78, 5) is 0. The van der Waals surface area contributed by atoms with Crippen molar-refractivity contribution in [3.05, 3.63) is 0 Å². The lowest BCUT2D eigenvalue weighted by Crippen LogP contribution is -2.32. The summed E-state index contributed by atoms with van der Waals surface area (Å²) in [6.07, 6.45) is 2.66. The van der Waals surface area contributed by atoms with Crippen LogP contribution in [-0.4, -0.2) is 26.8 Å². The highest BCUT2D eigenvalue weighted by atomic mass is 32.2. The van der Waals surface area contributed by atoms with Crippen molar-refractivity contribution in [1.29, 1.82) is 0 Å². The zero-order valence-corrected chi connectivity index (χ0v) is 10.8. The van der Waals surface area contributed by atoms with E-state index >= 15 is 0 Å². The van der Waals surface area contributed by atoms with E-state index in [9.17, 15) is 8.42 Å². The SMILES string of the molecule is CCCC(C)CS(=O)(=O)NCCC(C)N. The van der Waals surface area contributed by atoms with E-state index in [-0.39, 0.29) is 17.7 Å². The molecule has 0 fully saturated rings. The highest BCUT2D eigenvalue weighted by Crippen LogP contribution is 2.07. The number of nitrogens with one attached hydrogen (secondary N) is 1. The van der Waals surface area contributed by atoms with Crippen LogP contribution in [0.5, 0.6) is 0 Å². The Morgan fingerprint density at radius 2 is 1.87 bits per heavy atom. The number of nitrogens with two attached hydrogens (primary N) is 1. The Labute approximate surface area is 93.7 Å². The number of sulfonamides is 1. The van der Waals surface area contributed by atoms with Gasteiger partial charge in [-0.25, -0.2) is 13.1 Å². The average Bonchev–Trinajstić information content (AvgIpc) is 2.01. The molecule has 0 heterocycles. The van der Waals surface area contributed by atoms with Crippen LogP contribution < -0.4 is 10.5 Å². The number of hydrogen-bond acceptors (Lipinski definition) is 3. The summed E-state index contributed by atoms with van der Waals surface area (Å²) in [6.45, 7) is 6.34. The van der Waals surface area contributed by atoms with E-state index in [2.05, 4.69) is 11.6 Å². The van der Waals surface area contributed by atoms with Crippen LogP contribution in [0.3, 0.4) is 0 Å². The second-order valence-electron chi connectivity index (χ2n) is 4.34. The molecule has 92 valence electrons. The van der Waals surface area contributed by atoms with Gasteiger partial charge in [-0.15, -0.1) is 0 Å². The third-order valence-electron chi connectivity index (χ3n) is 2.21. The molecular formula is C10H24N2O2S. The maximum atomic E-state index is 11.5. The second kappa shape index (κ2) is 7.19. The van der Waals surface area contributed by atoms with Gasteiger partial charge in [0.15, 0.2) is 0 Å². The van der Waals surface area contributed by atoms with Gasteiger partial charge in [0.1, 0.15) is 0 Å². The third kappa shape index (κ3) is 8.84. The molecule has 2 atom stereocenters. The van der Waals surface area contributed by atoms with Crippen molar-refractivity contribution in [2.45, 2.75) is 46.1 Å². The summed E-state index contributed by atoms with van der Waals surface area (Å²) in [5.41, 5.74) is 5.54. The normalized spacial score (nSPS) is 16.3. The summed E-state index contributed by atoms with van der Waals surface area (Å²) >= 11 is 0. The predicted molar refractivity (Wildman–Crippen MR) is 64.1 cm³/mol. The average molecular weight is 236 g/mol. The van der Waals surface area contributed by atoms with E-state index in [0.29, 0.717) is 13.0 Å². The Kier molecular flexibility index (Phi) is 7.13. The molecule has 5 heteroatoms. The highest BCUT2D eigenvalue weighted by molar-refractivity contribution is 7.89. The molecule has 15 heavy (non-hydrogen) atoms. The van der Waals surface area contributed by atoms with Crippen LogP contribution in [0.4, 0.5) is 0 Å². The van der Waals surface area contributed by atoms with Crippen LogP contribution in [-0.2, 0) is 10.0 Å². The molecule has 4 nitrogen and oxygen atoms in total. The molecule has 0 saturated carbocycles. The molecule has 0 spiro atoms. The van der Waals surface area contributed by atoms with Gasteiger partial charge in [0.2, 0.25) is 10.0 Å². The van der Waals surface area contributed by atoms with Crippen molar-refractivity contribution in [2.75, 3.05) is 12.3 Å². The van der Waals surface area contributed by atoms with E-state index < -0.39 is 10.0 Å². The van der Waals surface area contributed by atoms with Gasteiger partial charge in [-0.3, -0.25) is 0 Å². The maximum absolute atomic E-state index is 11.5. The summed E-state index contributed by atoms with van der Waals surface area (Å²) < 4.78 is 25.7. The van der Waals surface area contributed by atoms with Crippen molar-refractivity contribution in [1.82, 2.24) is 4.72 Å². The lowest BCUT2D eigenvalue weighted by atomic mass is 10.1. The first-order chi connectivity index (χ1) is 6.87. The van der Waals surface area contributed by atoms with E-state index in [1.54, 1.807) is 0 Å². The van der Waals surface area contributed by atoms with Crippen molar-refractivity contribution in [2.24, 2.45) is 11.7 Å². The molecular weight excluding hydrogens is 212 g/mol.